The molecule has 0 unspecified atom stereocenters. The largest absolute Gasteiger partial charge is 0.338 e. The van der Waals surface area contributed by atoms with Crippen LogP contribution in [0.25, 0.3) is 0 Å². The minimum atomic E-state index is -0.133. The molecule has 3 nitrogen and oxygen atoms in total. The van der Waals surface area contributed by atoms with Crippen LogP contribution < -0.4 is 10.6 Å². The van der Waals surface area contributed by atoms with Crippen LogP contribution in [0.2, 0.25) is 0 Å². The third-order valence-corrected chi connectivity index (χ3v) is 2.28. The molecule has 1 rings (SSSR count). The molecule has 0 saturated carbocycles. The fourth-order valence-corrected chi connectivity index (χ4v) is 1.37. The number of benzene rings is 1. The van der Waals surface area contributed by atoms with Crippen LogP contribution in [-0.4, -0.2) is 12.6 Å². The maximum absolute atomic E-state index is 11.5. The molecule has 1 aromatic rings. The van der Waals surface area contributed by atoms with Crippen LogP contribution in [0.4, 0.5) is 10.5 Å². The number of hydrogen-bond donors (Lipinski definition) is 2. The average Bonchev–Trinajstić information content (AvgIpc) is 2.16. The molecule has 3 heteroatoms. The van der Waals surface area contributed by atoms with Gasteiger partial charge in [0.15, 0.2) is 0 Å². The van der Waals surface area contributed by atoms with E-state index >= 15 is 0 Å². The second kappa shape index (κ2) is 6.16. The van der Waals surface area contributed by atoms with Crippen molar-refractivity contribution in [2.75, 3.05) is 11.9 Å². The highest BCUT2D eigenvalue weighted by molar-refractivity contribution is 5.89. The number of urea groups is 1. The summed E-state index contributed by atoms with van der Waals surface area (Å²) in [5.74, 6) is 0.610. The van der Waals surface area contributed by atoms with Crippen molar-refractivity contribution < 1.29 is 4.79 Å². The van der Waals surface area contributed by atoms with Gasteiger partial charge in [0.25, 0.3) is 0 Å². The highest BCUT2D eigenvalue weighted by Crippen LogP contribution is 2.08. The number of carbonyl (C=O) groups is 1. The normalized spacial score (nSPS) is 10.2. The first-order valence-electron chi connectivity index (χ1n) is 5.69. The first kappa shape index (κ1) is 12.6. The Kier molecular flexibility index (Phi) is 4.83. The first-order valence-corrected chi connectivity index (χ1v) is 5.69. The van der Waals surface area contributed by atoms with Crippen molar-refractivity contribution in [2.24, 2.45) is 5.92 Å². The lowest BCUT2D eigenvalue weighted by atomic mass is 10.1. The number of aryl methyl sites for hydroxylation is 1. The summed E-state index contributed by atoms with van der Waals surface area (Å²) in [7, 11) is 0. The molecule has 88 valence electrons. The predicted molar refractivity (Wildman–Crippen MR) is 67.7 cm³/mol. The van der Waals surface area contributed by atoms with Gasteiger partial charge in [0.05, 0.1) is 0 Å². The standard InChI is InChI=1S/C13H20N2O/c1-10(2)7-8-14-13(16)15-12-6-4-5-11(3)9-12/h4-6,9-10H,7-8H2,1-3H3,(H2,14,15,16). The van der Waals surface area contributed by atoms with E-state index in [4.69, 9.17) is 0 Å². The van der Waals surface area contributed by atoms with Gasteiger partial charge in [-0.25, -0.2) is 4.79 Å². The molecule has 0 fully saturated rings. The van der Waals surface area contributed by atoms with Gasteiger partial charge >= 0.3 is 6.03 Å². The van der Waals surface area contributed by atoms with Gasteiger partial charge in [0, 0.05) is 12.2 Å². The van der Waals surface area contributed by atoms with E-state index in [1.54, 1.807) is 0 Å². The Morgan fingerprint density at radius 1 is 1.38 bits per heavy atom. The highest BCUT2D eigenvalue weighted by atomic mass is 16.2. The van der Waals surface area contributed by atoms with Crippen molar-refractivity contribution >= 4 is 11.7 Å². The number of nitrogens with one attached hydrogen (secondary N) is 2. The summed E-state index contributed by atoms with van der Waals surface area (Å²) in [6.45, 7) is 7.00. The molecular formula is C13H20N2O. The van der Waals surface area contributed by atoms with E-state index in [1.807, 2.05) is 31.2 Å². The molecule has 0 atom stereocenters. The summed E-state index contributed by atoms with van der Waals surface area (Å²) >= 11 is 0. The van der Waals surface area contributed by atoms with Crippen LogP contribution in [0.3, 0.4) is 0 Å². The molecule has 0 saturated heterocycles. The molecule has 0 aliphatic rings. The fraction of sp³-hybridized carbons (Fsp3) is 0.462. The van der Waals surface area contributed by atoms with Crippen molar-refractivity contribution in [1.82, 2.24) is 5.32 Å². The van der Waals surface area contributed by atoms with Crippen molar-refractivity contribution in [3.63, 3.8) is 0 Å². The van der Waals surface area contributed by atoms with Crippen molar-refractivity contribution in [2.45, 2.75) is 27.2 Å². The summed E-state index contributed by atoms with van der Waals surface area (Å²) in [4.78, 5) is 11.5. The van der Waals surface area contributed by atoms with E-state index in [0.717, 1.165) is 24.2 Å². The highest BCUT2D eigenvalue weighted by Gasteiger charge is 2.01. The molecule has 0 bridgehead atoms. The minimum absolute atomic E-state index is 0.133. The number of rotatable bonds is 4. The lowest BCUT2D eigenvalue weighted by Crippen LogP contribution is -2.30. The Balaban J connectivity index is 2.34. The van der Waals surface area contributed by atoms with E-state index in [-0.39, 0.29) is 6.03 Å². The van der Waals surface area contributed by atoms with Gasteiger partial charge in [-0.05, 0) is 37.0 Å². The number of amides is 2. The topological polar surface area (TPSA) is 41.1 Å². The average molecular weight is 220 g/mol. The molecule has 2 amide bonds. The molecule has 0 heterocycles. The number of hydrogen-bond acceptors (Lipinski definition) is 1. The smallest absolute Gasteiger partial charge is 0.319 e. The van der Waals surface area contributed by atoms with Gasteiger partial charge in [-0.2, -0.15) is 0 Å². The third kappa shape index (κ3) is 4.82. The van der Waals surface area contributed by atoms with Crippen molar-refractivity contribution in [3.8, 4) is 0 Å². The maximum Gasteiger partial charge on any atom is 0.319 e. The molecule has 0 aliphatic carbocycles. The van der Waals surface area contributed by atoms with Gasteiger partial charge in [-0.3, -0.25) is 0 Å². The van der Waals surface area contributed by atoms with Crippen LogP contribution in [0.1, 0.15) is 25.8 Å². The first-order chi connectivity index (χ1) is 7.58. The Bertz CT molecular complexity index is 348. The molecule has 2 N–H and O–H groups in total. The van der Waals surface area contributed by atoms with Crippen LogP contribution >= 0.6 is 0 Å². The second-order valence-electron chi connectivity index (χ2n) is 4.43. The summed E-state index contributed by atoms with van der Waals surface area (Å²) in [5.41, 5.74) is 1.97. The van der Waals surface area contributed by atoms with Crippen LogP contribution in [0.5, 0.6) is 0 Å². The van der Waals surface area contributed by atoms with E-state index in [9.17, 15) is 4.79 Å². The monoisotopic (exact) mass is 220 g/mol. The van der Waals surface area contributed by atoms with Gasteiger partial charge in [0.1, 0.15) is 0 Å². The molecule has 0 aromatic heterocycles. The molecule has 0 spiro atoms. The van der Waals surface area contributed by atoms with E-state index < -0.39 is 0 Å². The zero-order valence-corrected chi connectivity index (χ0v) is 10.2. The summed E-state index contributed by atoms with van der Waals surface area (Å²) in [5, 5.41) is 5.64. The van der Waals surface area contributed by atoms with E-state index in [2.05, 4.69) is 24.5 Å². The quantitative estimate of drug-likeness (QED) is 0.804. The SMILES string of the molecule is Cc1cccc(NC(=O)NCCC(C)C)c1. The Morgan fingerprint density at radius 3 is 2.75 bits per heavy atom. The summed E-state index contributed by atoms with van der Waals surface area (Å²) in [6, 6.07) is 7.63. The van der Waals surface area contributed by atoms with Crippen LogP contribution in [0, 0.1) is 12.8 Å². The van der Waals surface area contributed by atoms with Gasteiger partial charge < -0.3 is 10.6 Å². The zero-order valence-electron chi connectivity index (χ0n) is 10.2. The molecule has 16 heavy (non-hydrogen) atoms. The van der Waals surface area contributed by atoms with E-state index in [1.165, 1.54) is 0 Å². The minimum Gasteiger partial charge on any atom is -0.338 e. The van der Waals surface area contributed by atoms with Crippen LogP contribution in [-0.2, 0) is 0 Å². The number of anilines is 1. The maximum atomic E-state index is 11.5. The lowest BCUT2D eigenvalue weighted by Gasteiger charge is -2.09. The summed E-state index contributed by atoms with van der Waals surface area (Å²) in [6.07, 6.45) is 1.00. The lowest BCUT2D eigenvalue weighted by molar-refractivity contribution is 0.251. The molecule has 0 radical (unpaired) electrons. The molecular weight excluding hydrogens is 200 g/mol. The van der Waals surface area contributed by atoms with Gasteiger partial charge in [-0.1, -0.05) is 26.0 Å². The van der Waals surface area contributed by atoms with Crippen molar-refractivity contribution in [1.29, 1.82) is 0 Å². The van der Waals surface area contributed by atoms with E-state index in [0.29, 0.717) is 5.92 Å². The van der Waals surface area contributed by atoms with Crippen molar-refractivity contribution in [3.05, 3.63) is 29.8 Å². The molecule has 1 aromatic carbocycles. The van der Waals surface area contributed by atoms with Crippen LogP contribution in [0.15, 0.2) is 24.3 Å². The second-order valence-corrected chi connectivity index (χ2v) is 4.43. The zero-order chi connectivity index (χ0) is 12.0. The third-order valence-electron chi connectivity index (χ3n) is 2.28. The fourth-order valence-electron chi connectivity index (χ4n) is 1.37. The van der Waals surface area contributed by atoms with Gasteiger partial charge in [-0.15, -0.1) is 0 Å². The molecule has 0 aliphatic heterocycles. The van der Waals surface area contributed by atoms with Gasteiger partial charge in [0.2, 0.25) is 0 Å². The Labute approximate surface area is 97.2 Å². The Morgan fingerprint density at radius 2 is 2.12 bits per heavy atom. The summed E-state index contributed by atoms with van der Waals surface area (Å²) < 4.78 is 0. The number of carbonyl (C=O) groups excluding carboxylic acids is 1. The predicted octanol–water partition coefficient (Wildman–Crippen LogP) is 3.16. The Hall–Kier alpha value is -1.51.